The maximum absolute atomic E-state index is 9.22. The average molecular weight is 353 g/mol. The van der Waals surface area contributed by atoms with Gasteiger partial charge in [0.05, 0.1) is 22.4 Å². The normalized spacial score (nSPS) is 11.5. The Morgan fingerprint density at radius 2 is 1.96 bits per heavy atom. The highest BCUT2D eigenvalue weighted by Crippen LogP contribution is 2.31. The fourth-order valence-electron chi connectivity index (χ4n) is 3.07. The van der Waals surface area contributed by atoms with Gasteiger partial charge in [-0.2, -0.15) is 0 Å². The Labute approximate surface area is 150 Å². The summed E-state index contributed by atoms with van der Waals surface area (Å²) in [6.45, 7) is 4.01. The van der Waals surface area contributed by atoms with E-state index in [1.54, 1.807) is 6.20 Å². The summed E-state index contributed by atoms with van der Waals surface area (Å²) in [6, 6.07) is 9.66. The second-order valence-corrected chi connectivity index (χ2v) is 6.49. The van der Waals surface area contributed by atoms with Crippen molar-refractivity contribution in [2.75, 3.05) is 6.61 Å². The van der Waals surface area contributed by atoms with E-state index < -0.39 is 0 Å². The molecule has 5 nitrogen and oxygen atoms in total. The molecule has 6 heteroatoms. The van der Waals surface area contributed by atoms with Gasteiger partial charge in [-0.1, -0.05) is 17.7 Å². The summed E-state index contributed by atoms with van der Waals surface area (Å²) in [5.74, 6) is 0.730. The number of fused-ring (bicyclic) bond motifs is 3. The number of imidazole rings is 1. The van der Waals surface area contributed by atoms with Crippen LogP contribution in [-0.2, 0) is 6.42 Å². The molecule has 1 N–H and O–H groups in total. The van der Waals surface area contributed by atoms with Crippen LogP contribution in [0.15, 0.2) is 36.5 Å². The molecule has 0 bridgehead atoms. The van der Waals surface area contributed by atoms with Crippen LogP contribution in [-0.4, -0.2) is 31.1 Å². The number of aliphatic hydroxyl groups excluding tert-OH is 1. The van der Waals surface area contributed by atoms with Gasteiger partial charge in [-0.05, 0) is 50.1 Å². The zero-order chi connectivity index (χ0) is 17.6. The number of nitrogens with zero attached hydrogens (tertiary/aromatic N) is 4. The molecule has 0 amide bonds. The molecule has 0 unspecified atom stereocenters. The van der Waals surface area contributed by atoms with Gasteiger partial charge in [0.2, 0.25) is 0 Å². The number of rotatable bonds is 3. The van der Waals surface area contributed by atoms with E-state index >= 15 is 0 Å². The average Bonchev–Trinajstić information content (AvgIpc) is 3.03. The van der Waals surface area contributed by atoms with E-state index in [1.807, 2.05) is 48.6 Å². The Morgan fingerprint density at radius 1 is 1.12 bits per heavy atom. The second kappa shape index (κ2) is 6.10. The molecule has 0 aliphatic carbocycles. The molecule has 0 aliphatic rings. The number of hydrogen-bond acceptors (Lipinski definition) is 4. The molecule has 1 aromatic carbocycles. The minimum absolute atomic E-state index is 0.0934. The van der Waals surface area contributed by atoms with E-state index in [0.717, 1.165) is 45.0 Å². The summed E-state index contributed by atoms with van der Waals surface area (Å²) in [5, 5.41) is 9.83. The molecule has 4 aromatic rings. The highest BCUT2D eigenvalue weighted by Gasteiger charge is 2.16. The van der Waals surface area contributed by atoms with Crippen molar-refractivity contribution in [1.29, 1.82) is 0 Å². The predicted octanol–water partition coefficient (Wildman–Crippen LogP) is 3.75. The Balaban J connectivity index is 2.08. The van der Waals surface area contributed by atoms with Crippen LogP contribution in [0.1, 0.15) is 17.0 Å². The van der Waals surface area contributed by atoms with Crippen molar-refractivity contribution in [3.05, 3.63) is 58.5 Å². The molecule has 0 atom stereocenters. The number of hydrogen-bond donors (Lipinski definition) is 1. The van der Waals surface area contributed by atoms with Gasteiger partial charge in [-0.25, -0.2) is 15.0 Å². The van der Waals surface area contributed by atoms with E-state index in [0.29, 0.717) is 11.4 Å². The largest absolute Gasteiger partial charge is 0.396 e. The van der Waals surface area contributed by atoms with Gasteiger partial charge in [-0.3, -0.25) is 4.40 Å². The summed E-state index contributed by atoms with van der Waals surface area (Å²) in [7, 11) is 0. The first-order valence-corrected chi connectivity index (χ1v) is 8.47. The van der Waals surface area contributed by atoms with Crippen LogP contribution in [0.4, 0.5) is 0 Å². The van der Waals surface area contributed by atoms with Gasteiger partial charge in [0.15, 0.2) is 5.65 Å². The highest BCUT2D eigenvalue weighted by molar-refractivity contribution is 6.33. The van der Waals surface area contributed by atoms with E-state index in [4.69, 9.17) is 11.6 Å². The molecule has 25 heavy (non-hydrogen) atoms. The van der Waals surface area contributed by atoms with Crippen LogP contribution in [0.2, 0.25) is 5.02 Å². The van der Waals surface area contributed by atoms with Crippen molar-refractivity contribution in [2.45, 2.75) is 20.3 Å². The molecule has 0 aliphatic heterocycles. The van der Waals surface area contributed by atoms with Gasteiger partial charge in [0.1, 0.15) is 11.3 Å². The van der Waals surface area contributed by atoms with Crippen LogP contribution in [0.25, 0.3) is 28.1 Å². The lowest BCUT2D eigenvalue weighted by molar-refractivity contribution is 0.299. The summed E-state index contributed by atoms with van der Waals surface area (Å²) >= 11 is 6.46. The quantitative estimate of drug-likeness (QED) is 0.610. The lowest BCUT2D eigenvalue weighted by atomic mass is 10.1. The second-order valence-electron chi connectivity index (χ2n) is 6.08. The maximum atomic E-state index is 9.22. The van der Waals surface area contributed by atoms with Gasteiger partial charge >= 0.3 is 0 Å². The molecular formula is C19H17ClN4O. The summed E-state index contributed by atoms with van der Waals surface area (Å²) in [6.07, 6.45) is 2.38. The summed E-state index contributed by atoms with van der Waals surface area (Å²) < 4.78 is 2.01. The molecule has 0 radical (unpaired) electrons. The molecule has 3 heterocycles. The zero-order valence-electron chi connectivity index (χ0n) is 14.0. The van der Waals surface area contributed by atoms with Crippen molar-refractivity contribution in [3.8, 4) is 11.4 Å². The topological polar surface area (TPSA) is 63.3 Å². The van der Waals surface area contributed by atoms with Crippen LogP contribution in [0.3, 0.4) is 0 Å². The third kappa shape index (κ3) is 2.65. The van der Waals surface area contributed by atoms with Gasteiger partial charge in [0.25, 0.3) is 0 Å². The first kappa shape index (κ1) is 16.0. The van der Waals surface area contributed by atoms with E-state index in [9.17, 15) is 5.11 Å². The van der Waals surface area contributed by atoms with Crippen molar-refractivity contribution >= 4 is 28.3 Å². The van der Waals surface area contributed by atoms with Gasteiger partial charge in [0, 0.05) is 17.9 Å². The third-order valence-corrected chi connectivity index (χ3v) is 4.63. The Morgan fingerprint density at radius 3 is 2.76 bits per heavy atom. The first-order valence-electron chi connectivity index (χ1n) is 8.09. The van der Waals surface area contributed by atoms with Crippen LogP contribution in [0.5, 0.6) is 0 Å². The third-order valence-electron chi connectivity index (χ3n) is 4.30. The van der Waals surface area contributed by atoms with E-state index in [-0.39, 0.29) is 6.61 Å². The maximum Gasteiger partial charge on any atom is 0.165 e. The molecular weight excluding hydrogens is 336 g/mol. The monoisotopic (exact) mass is 352 g/mol. The Hall–Kier alpha value is -2.50. The minimum Gasteiger partial charge on any atom is -0.396 e. The number of aryl methyl sites for hydroxylation is 2. The molecule has 0 fully saturated rings. The van der Waals surface area contributed by atoms with Crippen molar-refractivity contribution in [1.82, 2.24) is 19.4 Å². The molecule has 0 saturated carbocycles. The van der Waals surface area contributed by atoms with Gasteiger partial charge < -0.3 is 5.11 Å². The number of aliphatic hydroxyl groups is 1. The van der Waals surface area contributed by atoms with E-state index in [2.05, 4.69) is 15.0 Å². The molecule has 126 valence electrons. The standard InChI is InChI=1S/C19H17ClN4O/c1-11-3-6-16-19(22-11)24-17(12(2)23-16)10-21-18(24)14-9-13(7-8-25)4-5-15(14)20/h3-6,9-10,25H,7-8H2,1-2H3. The molecule has 4 rings (SSSR count). The van der Waals surface area contributed by atoms with Crippen LogP contribution in [0, 0.1) is 13.8 Å². The number of aromatic nitrogens is 4. The fraction of sp³-hybridized carbons (Fsp3) is 0.211. The Kier molecular flexibility index (Phi) is 3.90. The van der Waals surface area contributed by atoms with Gasteiger partial charge in [-0.15, -0.1) is 0 Å². The lowest BCUT2D eigenvalue weighted by Gasteiger charge is -2.10. The predicted molar refractivity (Wildman–Crippen MR) is 99.0 cm³/mol. The van der Waals surface area contributed by atoms with Crippen molar-refractivity contribution in [2.24, 2.45) is 0 Å². The summed E-state index contributed by atoms with van der Waals surface area (Å²) in [4.78, 5) is 13.9. The number of halogens is 1. The smallest absolute Gasteiger partial charge is 0.165 e. The first-order chi connectivity index (χ1) is 12.1. The molecule has 0 saturated heterocycles. The van der Waals surface area contributed by atoms with E-state index in [1.165, 1.54) is 0 Å². The van der Waals surface area contributed by atoms with Crippen molar-refractivity contribution in [3.63, 3.8) is 0 Å². The highest BCUT2D eigenvalue weighted by atomic mass is 35.5. The lowest BCUT2D eigenvalue weighted by Crippen LogP contribution is -2.01. The number of benzene rings is 1. The SMILES string of the molecule is Cc1ccc2nc(C)c3cnc(-c4cc(CCO)ccc4Cl)n3c2n1. The van der Waals surface area contributed by atoms with Crippen LogP contribution >= 0.6 is 11.6 Å². The summed E-state index contributed by atoms with van der Waals surface area (Å²) in [5.41, 5.74) is 6.12. The Bertz CT molecular complexity index is 1100. The zero-order valence-corrected chi connectivity index (χ0v) is 14.7. The molecule has 0 spiro atoms. The number of pyridine rings is 1. The fourth-order valence-corrected chi connectivity index (χ4v) is 3.27. The molecule has 3 aromatic heterocycles. The van der Waals surface area contributed by atoms with Crippen LogP contribution < -0.4 is 0 Å². The minimum atomic E-state index is 0.0934. The van der Waals surface area contributed by atoms with Crippen molar-refractivity contribution < 1.29 is 5.11 Å².